The second-order valence-corrected chi connectivity index (χ2v) is 7.31. The van der Waals surface area contributed by atoms with Gasteiger partial charge in [0.15, 0.2) is 0 Å². The van der Waals surface area contributed by atoms with Gasteiger partial charge in [-0.1, -0.05) is 26.1 Å². The zero-order valence-corrected chi connectivity index (χ0v) is 13.9. The Kier molecular flexibility index (Phi) is 4.38. The van der Waals surface area contributed by atoms with Crippen LogP contribution in [0.2, 0.25) is 0 Å². The van der Waals surface area contributed by atoms with Crippen LogP contribution in [0, 0.1) is 12.3 Å². The van der Waals surface area contributed by atoms with Gasteiger partial charge in [0.25, 0.3) is 0 Å². The number of thiocarbonyl (C=S) groups is 1. The Morgan fingerprint density at radius 1 is 1.30 bits per heavy atom. The van der Waals surface area contributed by atoms with Crippen LogP contribution < -0.4 is 10.6 Å². The minimum Gasteiger partial charge on any atom is -0.389 e. The molecule has 1 aromatic carbocycles. The molecule has 0 atom stereocenters. The van der Waals surface area contributed by atoms with Crippen LogP contribution in [0.3, 0.4) is 0 Å². The van der Waals surface area contributed by atoms with Gasteiger partial charge in [0, 0.05) is 24.3 Å². The standard InChI is InChI=1S/C17H26N2S/c1-12-11-14(5-6-15(12)16(18)20)19(4)13-7-9-17(2,3)10-8-13/h5-6,11,13H,7-10H2,1-4H3,(H2,18,20). The lowest BCUT2D eigenvalue weighted by molar-refractivity contribution is 0.222. The molecule has 0 aliphatic heterocycles. The normalized spacial score (nSPS) is 18.8. The predicted molar refractivity (Wildman–Crippen MR) is 91.5 cm³/mol. The van der Waals surface area contributed by atoms with Crippen LogP contribution in [0.4, 0.5) is 5.69 Å². The Balaban J connectivity index is 2.12. The van der Waals surface area contributed by atoms with Gasteiger partial charge in [-0.3, -0.25) is 0 Å². The van der Waals surface area contributed by atoms with Gasteiger partial charge >= 0.3 is 0 Å². The summed E-state index contributed by atoms with van der Waals surface area (Å²) in [5.41, 5.74) is 9.67. The first-order chi connectivity index (χ1) is 9.30. The quantitative estimate of drug-likeness (QED) is 0.852. The molecule has 2 N–H and O–H groups in total. The third-order valence-electron chi connectivity index (χ3n) is 4.74. The third kappa shape index (κ3) is 3.32. The van der Waals surface area contributed by atoms with Crippen molar-refractivity contribution in [3.63, 3.8) is 0 Å². The fraction of sp³-hybridized carbons (Fsp3) is 0.588. The summed E-state index contributed by atoms with van der Waals surface area (Å²) >= 11 is 5.07. The van der Waals surface area contributed by atoms with E-state index in [0.29, 0.717) is 16.4 Å². The van der Waals surface area contributed by atoms with E-state index in [1.807, 2.05) is 0 Å². The average Bonchev–Trinajstić information content (AvgIpc) is 2.37. The molecule has 1 aliphatic rings. The number of rotatable bonds is 3. The highest BCUT2D eigenvalue weighted by molar-refractivity contribution is 7.80. The Hall–Kier alpha value is -1.09. The van der Waals surface area contributed by atoms with Gasteiger partial charge in [-0.25, -0.2) is 0 Å². The third-order valence-corrected chi connectivity index (χ3v) is 4.96. The SMILES string of the molecule is Cc1cc(N(C)C2CCC(C)(C)CC2)ccc1C(N)=S. The van der Waals surface area contributed by atoms with Gasteiger partial charge in [-0.15, -0.1) is 0 Å². The van der Waals surface area contributed by atoms with Crippen LogP contribution in [0.1, 0.15) is 50.7 Å². The lowest BCUT2D eigenvalue weighted by atomic mass is 9.75. The lowest BCUT2D eigenvalue weighted by Crippen LogP contribution is -2.37. The molecule has 1 aromatic rings. The number of anilines is 1. The Bertz CT molecular complexity index is 498. The number of nitrogens with two attached hydrogens (primary N) is 1. The molecule has 0 aromatic heterocycles. The fourth-order valence-corrected chi connectivity index (χ4v) is 3.35. The number of benzene rings is 1. The molecule has 1 saturated carbocycles. The van der Waals surface area contributed by atoms with Crippen molar-refractivity contribution >= 4 is 22.9 Å². The molecule has 0 saturated heterocycles. The van der Waals surface area contributed by atoms with Crippen molar-refractivity contribution in [1.29, 1.82) is 0 Å². The molecular formula is C17H26N2S. The Morgan fingerprint density at radius 2 is 1.90 bits per heavy atom. The first-order valence-electron chi connectivity index (χ1n) is 7.43. The van der Waals surface area contributed by atoms with Crippen molar-refractivity contribution in [2.75, 3.05) is 11.9 Å². The fourth-order valence-electron chi connectivity index (χ4n) is 3.13. The van der Waals surface area contributed by atoms with Gasteiger partial charge in [-0.05, 0) is 61.8 Å². The topological polar surface area (TPSA) is 29.3 Å². The first kappa shape index (κ1) is 15.3. The van der Waals surface area contributed by atoms with Crippen molar-refractivity contribution in [2.45, 2.75) is 52.5 Å². The molecule has 20 heavy (non-hydrogen) atoms. The maximum absolute atomic E-state index is 5.73. The van der Waals surface area contributed by atoms with Gasteiger partial charge in [0.1, 0.15) is 4.99 Å². The highest BCUT2D eigenvalue weighted by Gasteiger charge is 2.29. The molecular weight excluding hydrogens is 264 g/mol. The van der Waals surface area contributed by atoms with Crippen molar-refractivity contribution in [2.24, 2.45) is 11.1 Å². The number of hydrogen-bond acceptors (Lipinski definition) is 2. The minimum absolute atomic E-state index is 0.483. The van der Waals surface area contributed by atoms with Crippen LogP contribution in [-0.4, -0.2) is 18.1 Å². The zero-order chi connectivity index (χ0) is 14.9. The molecule has 2 nitrogen and oxygen atoms in total. The summed E-state index contributed by atoms with van der Waals surface area (Å²) in [5, 5.41) is 0. The van der Waals surface area contributed by atoms with E-state index in [1.54, 1.807) is 0 Å². The van der Waals surface area contributed by atoms with E-state index < -0.39 is 0 Å². The zero-order valence-electron chi connectivity index (χ0n) is 13.1. The van der Waals surface area contributed by atoms with Crippen molar-refractivity contribution < 1.29 is 0 Å². The molecule has 3 heteroatoms. The van der Waals surface area contributed by atoms with Gasteiger partial charge in [-0.2, -0.15) is 0 Å². The lowest BCUT2D eigenvalue weighted by Gasteiger charge is -2.39. The summed E-state index contributed by atoms with van der Waals surface area (Å²) in [6.45, 7) is 6.84. The van der Waals surface area contributed by atoms with Gasteiger partial charge < -0.3 is 10.6 Å². The number of hydrogen-bond donors (Lipinski definition) is 1. The minimum atomic E-state index is 0.483. The van der Waals surface area contributed by atoms with Crippen LogP contribution in [0.15, 0.2) is 18.2 Å². The van der Waals surface area contributed by atoms with E-state index in [9.17, 15) is 0 Å². The van der Waals surface area contributed by atoms with Crippen LogP contribution in [0.5, 0.6) is 0 Å². The molecule has 0 spiro atoms. The number of aryl methyl sites for hydroxylation is 1. The van der Waals surface area contributed by atoms with Crippen LogP contribution in [-0.2, 0) is 0 Å². The van der Waals surface area contributed by atoms with E-state index in [1.165, 1.54) is 31.4 Å². The predicted octanol–water partition coefficient (Wildman–Crippen LogP) is 4.03. The van der Waals surface area contributed by atoms with E-state index in [4.69, 9.17) is 18.0 Å². The molecule has 0 heterocycles. The van der Waals surface area contributed by atoms with Gasteiger partial charge in [0.2, 0.25) is 0 Å². The van der Waals surface area contributed by atoms with Gasteiger partial charge in [0.05, 0.1) is 0 Å². The highest BCUT2D eigenvalue weighted by Crippen LogP contribution is 2.37. The molecule has 1 fully saturated rings. The Morgan fingerprint density at radius 3 is 2.40 bits per heavy atom. The van der Waals surface area contributed by atoms with Crippen molar-refractivity contribution in [3.05, 3.63) is 29.3 Å². The van der Waals surface area contributed by atoms with E-state index in [-0.39, 0.29) is 0 Å². The average molecular weight is 290 g/mol. The molecule has 0 amide bonds. The number of nitrogens with zero attached hydrogens (tertiary/aromatic N) is 1. The Labute approximate surface area is 128 Å². The molecule has 2 rings (SSSR count). The first-order valence-corrected chi connectivity index (χ1v) is 7.84. The summed E-state index contributed by atoms with van der Waals surface area (Å²) in [4.78, 5) is 2.90. The maximum Gasteiger partial charge on any atom is 0.104 e. The molecule has 1 aliphatic carbocycles. The van der Waals surface area contributed by atoms with E-state index in [2.05, 4.69) is 50.9 Å². The summed E-state index contributed by atoms with van der Waals surface area (Å²) < 4.78 is 0. The summed E-state index contributed by atoms with van der Waals surface area (Å²) in [6.07, 6.45) is 5.18. The molecule has 0 bridgehead atoms. The maximum atomic E-state index is 5.73. The summed E-state index contributed by atoms with van der Waals surface area (Å²) in [7, 11) is 2.21. The van der Waals surface area contributed by atoms with Crippen molar-refractivity contribution in [3.8, 4) is 0 Å². The van der Waals surface area contributed by atoms with Crippen molar-refractivity contribution in [1.82, 2.24) is 0 Å². The molecule has 0 radical (unpaired) electrons. The van der Waals surface area contributed by atoms with E-state index >= 15 is 0 Å². The highest BCUT2D eigenvalue weighted by atomic mass is 32.1. The van der Waals surface area contributed by atoms with Crippen LogP contribution >= 0.6 is 12.2 Å². The van der Waals surface area contributed by atoms with Crippen LogP contribution in [0.25, 0.3) is 0 Å². The monoisotopic (exact) mass is 290 g/mol. The largest absolute Gasteiger partial charge is 0.389 e. The van der Waals surface area contributed by atoms with E-state index in [0.717, 1.165) is 11.1 Å². The smallest absolute Gasteiger partial charge is 0.104 e. The second kappa shape index (κ2) is 5.72. The summed E-state index contributed by atoms with van der Waals surface area (Å²) in [6, 6.07) is 7.05. The molecule has 0 unspecified atom stereocenters. The molecule has 110 valence electrons. The summed E-state index contributed by atoms with van der Waals surface area (Å²) in [5.74, 6) is 0. The second-order valence-electron chi connectivity index (χ2n) is 6.87.